The zero-order chi connectivity index (χ0) is 14.5. The van der Waals surface area contributed by atoms with E-state index in [2.05, 4.69) is 48.3 Å². The minimum atomic E-state index is -0.251. The molecule has 0 spiro atoms. The van der Waals surface area contributed by atoms with Gasteiger partial charge in [0.15, 0.2) is 0 Å². The van der Waals surface area contributed by atoms with Gasteiger partial charge >= 0.3 is 0 Å². The molecule has 1 aromatic carbocycles. The largest absolute Gasteiger partial charge is 0.368 e. The van der Waals surface area contributed by atoms with Crippen molar-refractivity contribution in [2.24, 2.45) is 5.73 Å². The van der Waals surface area contributed by atoms with E-state index < -0.39 is 0 Å². The highest BCUT2D eigenvalue weighted by atomic mass is 16.1. The average molecular weight is 275 g/mol. The van der Waals surface area contributed by atoms with E-state index in [1.54, 1.807) is 0 Å². The maximum absolute atomic E-state index is 11.5. The Labute approximate surface area is 121 Å². The molecule has 0 radical (unpaired) electrons. The summed E-state index contributed by atoms with van der Waals surface area (Å²) in [5, 5.41) is 3.23. The van der Waals surface area contributed by atoms with Crippen LogP contribution in [0, 0.1) is 0 Å². The monoisotopic (exact) mass is 275 g/mol. The van der Waals surface area contributed by atoms with E-state index in [4.69, 9.17) is 5.73 Å². The van der Waals surface area contributed by atoms with Crippen molar-refractivity contribution in [2.45, 2.75) is 45.2 Å². The number of primary amides is 1. The van der Waals surface area contributed by atoms with Crippen molar-refractivity contribution in [1.82, 2.24) is 5.32 Å². The number of hydrogen-bond donors (Lipinski definition) is 2. The van der Waals surface area contributed by atoms with Gasteiger partial charge in [0, 0.05) is 18.3 Å². The number of hydrogen-bond acceptors (Lipinski definition) is 3. The van der Waals surface area contributed by atoms with Crippen molar-refractivity contribution in [2.75, 3.05) is 18.0 Å². The second-order valence-corrected chi connectivity index (χ2v) is 5.57. The predicted molar refractivity (Wildman–Crippen MR) is 82.8 cm³/mol. The highest BCUT2D eigenvalue weighted by molar-refractivity contribution is 5.79. The van der Waals surface area contributed by atoms with Crippen molar-refractivity contribution in [1.29, 1.82) is 0 Å². The molecule has 0 saturated heterocycles. The molecule has 110 valence electrons. The smallest absolute Gasteiger partial charge is 0.234 e. The minimum Gasteiger partial charge on any atom is -0.368 e. The van der Waals surface area contributed by atoms with Gasteiger partial charge in [-0.2, -0.15) is 0 Å². The molecule has 0 fully saturated rings. The van der Waals surface area contributed by atoms with Gasteiger partial charge in [0.05, 0.1) is 6.04 Å². The lowest BCUT2D eigenvalue weighted by Crippen LogP contribution is -2.44. The number of benzene rings is 1. The first-order chi connectivity index (χ1) is 9.63. The Morgan fingerprint density at radius 1 is 1.50 bits per heavy atom. The molecule has 2 unspecified atom stereocenters. The van der Waals surface area contributed by atoms with Crippen molar-refractivity contribution < 1.29 is 4.79 Å². The number of rotatable bonds is 7. The molecule has 1 amide bonds. The minimum absolute atomic E-state index is 0.227. The summed E-state index contributed by atoms with van der Waals surface area (Å²) in [6, 6.07) is 8.78. The van der Waals surface area contributed by atoms with Crippen molar-refractivity contribution in [3.63, 3.8) is 0 Å². The molecule has 3 N–H and O–H groups in total. The van der Waals surface area contributed by atoms with Gasteiger partial charge in [-0.1, -0.05) is 25.1 Å². The van der Waals surface area contributed by atoms with Crippen LogP contribution < -0.4 is 16.0 Å². The van der Waals surface area contributed by atoms with Crippen LogP contribution in [-0.4, -0.2) is 31.1 Å². The van der Waals surface area contributed by atoms with Crippen LogP contribution in [0.1, 0.15) is 32.3 Å². The Morgan fingerprint density at radius 2 is 2.25 bits per heavy atom. The normalized spacial score (nSPS) is 18.9. The zero-order valence-corrected chi connectivity index (χ0v) is 12.4. The Hall–Kier alpha value is -1.55. The van der Waals surface area contributed by atoms with Crippen LogP contribution in [0.2, 0.25) is 0 Å². The molecule has 0 saturated carbocycles. The summed E-state index contributed by atoms with van der Waals surface area (Å²) in [5.74, 6) is -0.251. The molecular weight excluding hydrogens is 250 g/mol. The summed E-state index contributed by atoms with van der Waals surface area (Å²) in [7, 11) is 0. The predicted octanol–water partition coefficient (Wildman–Crippen LogP) is 1.68. The van der Waals surface area contributed by atoms with E-state index >= 15 is 0 Å². The maximum Gasteiger partial charge on any atom is 0.234 e. The quantitative estimate of drug-likeness (QED) is 0.796. The van der Waals surface area contributed by atoms with Gasteiger partial charge in [0.2, 0.25) is 5.91 Å². The number of carbonyl (C=O) groups excluding carboxylic acids is 1. The third-order valence-electron chi connectivity index (χ3n) is 3.99. The second-order valence-electron chi connectivity index (χ2n) is 5.57. The standard InChI is InChI=1S/C16H25N3O/c1-3-9-18-14(16(17)20)8-10-19-12(2)11-13-6-4-5-7-15(13)19/h4-7,12,14,18H,3,8-11H2,1-2H3,(H2,17,20). The molecule has 0 aromatic heterocycles. The second kappa shape index (κ2) is 6.75. The maximum atomic E-state index is 11.5. The fraction of sp³-hybridized carbons (Fsp3) is 0.562. The van der Waals surface area contributed by atoms with Crippen molar-refractivity contribution >= 4 is 11.6 Å². The van der Waals surface area contributed by atoms with Gasteiger partial charge in [0.25, 0.3) is 0 Å². The lowest BCUT2D eigenvalue weighted by atomic mass is 10.1. The van der Waals surface area contributed by atoms with Gasteiger partial charge in [-0.25, -0.2) is 0 Å². The molecule has 1 aromatic rings. The van der Waals surface area contributed by atoms with Crippen molar-refractivity contribution in [3.8, 4) is 0 Å². The summed E-state index contributed by atoms with van der Waals surface area (Å²) in [5.41, 5.74) is 8.18. The molecule has 2 rings (SSSR count). The third-order valence-corrected chi connectivity index (χ3v) is 3.99. The summed E-state index contributed by atoms with van der Waals surface area (Å²) in [6.45, 7) is 6.02. The number of anilines is 1. The first-order valence-corrected chi connectivity index (χ1v) is 7.50. The summed E-state index contributed by atoms with van der Waals surface area (Å²) >= 11 is 0. The molecule has 4 nitrogen and oxygen atoms in total. The molecule has 0 bridgehead atoms. The molecule has 1 heterocycles. The number of nitrogens with zero attached hydrogens (tertiary/aromatic N) is 1. The van der Waals surface area contributed by atoms with Crippen LogP contribution in [0.5, 0.6) is 0 Å². The topological polar surface area (TPSA) is 58.4 Å². The number of nitrogens with two attached hydrogens (primary N) is 1. The van der Waals surface area contributed by atoms with E-state index in [1.165, 1.54) is 11.3 Å². The van der Waals surface area contributed by atoms with E-state index in [1.807, 2.05) is 0 Å². The van der Waals surface area contributed by atoms with Crippen LogP contribution in [0.15, 0.2) is 24.3 Å². The van der Waals surface area contributed by atoms with Crippen LogP contribution in [0.25, 0.3) is 0 Å². The van der Waals surface area contributed by atoms with Crippen LogP contribution in [0.4, 0.5) is 5.69 Å². The molecule has 1 aliphatic rings. The van der Waals surface area contributed by atoms with Crippen molar-refractivity contribution in [3.05, 3.63) is 29.8 Å². The molecule has 0 aliphatic carbocycles. The van der Waals surface area contributed by atoms with Crippen LogP contribution >= 0.6 is 0 Å². The summed E-state index contributed by atoms with van der Waals surface area (Å²) in [6.07, 6.45) is 2.85. The number of para-hydroxylation sites is 1. The van der Waals surface area contributed by atoms with Gasteiger partial charge in [-0.05, 0) is 44.4 Å². The SMILES string of the molecule is CCCNC(CCN1c2ccccc2CC1C)C(N)=O. The Morgan fingerprint density at radius 3 is 2.95 bits per heavy atom. The molecule has 2 atom stereocenters. The Bertz CT molecular complexity index is 461. The van der Waals surface area contributed by atoms with Crippen LogP contribution in [-0.2, 0) is 11.2 Å². The first-order valence-electron chi connectivity index (χ1n) is 7.50. The third kappa shape index (κ3) is 3.31. The number of fused-ring (bicyclic) bond motifs is 1. The average Bonchev–Trinajstić information content (AvgIpc) is 2.74. The highest BCUT2D eigenvalue weighted by Crippen LogP contribution is 2.31. The first kappa shape index (κ1) is 14.9. The van der Waals surface area contributed by atoms with E-state index in [0.29, 0.717) is 6.04 Å². The van der Waals surface area contributed by atoms with Gasteiger partial charge in [-0.15, -0.1) is 0 Å². The molecule has 1 aliphatic heterocycles. The molecular formula is C16H25N3O. The highest BCUT2D eigenvalue weighted by Gasteiger charge is 2.26. The van der Waals surface area contributed by atoms with E-state index in [-0.39, 0.29) is 11.9 Å². The number of amides is 1. The Balaban J connectivity index is 1.97. The van der Waals surface area contributed by atoms with Gasteiger partial charge in [-0.3, -0.25) is 4.79 Å². The lowest BCUT2D eigenvalue weighted by molar-refractivity contribution is -0.120. The van der Waals surface area contributed by atoms with E-state index in [0.717, 1.165) is 32.4 Å². The van der Waals surface area contributed by atoms with Gasteiger partial charge < -0.3 is 16.0 Å². The molecule has 4 heteroatoms. The summed E-state index contributed by atoms with van der Waals surface area (Å²) < 4.78 is 0. The van der Waals surface area contributed by atoms with Crippen LogP contribution in [0.3, 0.4) is 0 Å². The number of carbonyl (C=O) groups is 1. The van der Waals surface area contributed by atoms with E-state index in [9.17, 15) is 4.79 Å². The number of nitrogens with one attached hydrogen (secondary N) is 1. The zero-order valence-electron chi connectivity index (χ0n) is 12.4. The fourth-order valence-electron chi connectivity index (χ4n) is 2.90. The molecule has 20 heavy (non-hydrogen) atoms. The lowest BCUT2D eigenvalue weighted by Gasteiger charge is -2.27. The van der Waals surface area contributed by atoms with Gasteiger partial charge in [0.1, 0.15) is 0 Å². The summed E-state index contributed by atoms with van der Waals surface area (Å²) in [4.78, 5) is 13.9. The fourth-order valence-corrected chi connectivity index (χ4v) is 2.90. The Kier molecular flexibility index (Phi) is 5.01.